The number of nitrogens with zero attached hydrogens (tertiary/aromatic N) is 1. The average Bonchev–Trinajstić information content (AvgIpc) is 2.63. The Labute approximate surface area is 149 Å². The van der Waals surface area contributed by atoms with Gasteiger partial charge < -0.3 is 15.2 Å². The third-order valence-electron chi connectivity index (χ3n) is 4.05. The largest absolute Gasteiger partial charge is 0.477 e. The van der Waals surface area contributed by atoms with Crippen molar-refractivity contribution in [3.05, 3.63) is 47.2 Å². The monoisotopic (exact) mass is 362 g/mol. The first kappa shape index (κ1) is 17.5. The van der Waals surface area contributed by atoms with Gasteiger partial charge in [0.25, 0.3) is 11.8 Å². The number of amides is 2. The van der Waals surface area contributed by atoms with Crippen LogP contribution in [-0.2, 0) is 14.3 Å². The zero-order valence-electron chi connectivity index (χ0n) is 13.6. The fourth-order valence-electron chi connectivity index (χ4n) is 2.83. The average molecular weight is 362 g/mol. The molecule has 2 atom stereocenters. The molecule has 3 rings (SSSR count). The molecule has 0 unspecified atom stereocenters. The Bertz CT molecular complexity index is 734. The summed E-state index contributed by atoms with van der Waals surface area (Å²) >= 11 is 1.43. The van der Waals surface area contributed by atoms with Crippen LogP contribution in [0, 0.1) is 0 Å². The zero-order valence-corrected chi connectivity index (χ0v) is 14.4. The van der Waals surface area contributed by atoms with Crippen LogP contribution < -0.4 is 5.32 Å². The van der Waals surface area contributed by atoms with Gasteiger partial charge in [-0.05, 0) is 24.6 Å². The smallest absolute Gasteiger partial charge is 0.352 e. The minimum absolute atomic E-state index is 0.0209. The highest BCUT2D eigenvalue weighted by atomic mass is 32.2. The highest BCUT2D eigenvalue weighted by Crippen LogP contribution is 2.40. The molecule has 2 heterocycles. The van der Waals surface area contributed by atoms with E-state index in [0.29, 0.717) is 23.5 Å². The number of thioether (sulfide) groups is 1. The Morgan fingerprint density at radius 3 is 2.72 bits per heavy atom. The summed E-state index contributed by atoms with van der Waals surface area (Å²) in [5.41, 5.74) is 1.02. The fraction of sp³-hybridized carbons (Fsp3) is 0.353. The molecule has 0 saturated carbocycles. The van der Waals surface area contributed by atoms with Crippen LogP contribution in [0.4, 0.5) is 0 Å². The van der Waals surface area contributed by atoms with Gasteiger partial charge in [-0.15, -0.1) is 11.8 Å². The maximum atomic E-state index is 12.5. The molecule has 2 N–H and O–H groups in total. The highest BCUT2D eigenvalue weighted by molar-refractivity contribution is 8.00. The number of carbonyl (C=O) groups is 3. The Morgan fingerprint density at radius 2 is 2.08 bits per heavy atom. The van der Waals surface area contributed by atoms with Crippen molar-refractivity contribution in [2.24, 2.45) is 0 Å². The Balaban J connectivity index is 1.75. The van der Waals surface area contributed by atoms with E-state index in [2.05, 4.69) is 5.32 Å². The molecule has 2 amide bonds. The molecule has 1 fully saturated rings. The molecule has 0 radical (unpaired) electrons. The molecule has 0 spiro atoms. The number of hydrogen-bond acceptors (Lipinski definition) is 5. The van der Waals surface area contributed by atoms with E-state index >= 15 is 0 Å². The van der Waals surface area contributed by atoms with E-state index in [1.54, 1.807) is 30.3 Å². The maximum absolute atomic E-state index is 12.5. The first-order valence-electron chi connectivity index (χ1n) is 7.88. The van der Waals surface area contributed by atoms with Gasteiger partial charge in [-0.25, -0.2) is 4.79 Å². The van der Waals surface area contributed by atoms with Gasteiger partial charge in [0.1, 0.15) is 17.1 Å². The van der Waals surface area contributed by atoms with Gasteiger partial charge in [0, 0.05) is 17.9 Å². The van der Waals surface area contributed by atoms with Crippen molar-refractivity contribution in [3.63, 3.8) is 0 Å². The number of carboxylic acids is 1. The summed E-state index contributed by atoms with van der Waals surface area (Å²) in [5, 5.41) is 11.8. The number of benzene rings is 1. The first-order valence-corrected chi connectivity index (χ1v) is 8.93. The molecule has 0 aromatic heterocycles. The van der Waals surface area contributed by atoms with E-state index in [0.717, 1.165) is 0 Å². The Kier molecular flexibility index (Phi) is 5.10. The lowest BCUT2D eigenvalue weighted by Gasteiger charge is -2.49. The van der Waals surface area contributed by atoms with E-state index in [1.165, 1.54) is 16.7 Å². The van der Waals surface area contributed by atoms with Crippen LogP contribution in [0.25, 0.3) is 0 Å². The molecule has 8 heteroatoms. The molecular formula is C17H18N2O5S. The van der Waals surface area contributed by atoms with Crippen LogP contribution in [0.15, 0.2) is 41.6 Å². The van der Waals surface area contributed by atoms with Crippen molar-refractivity contribution in [3.8, 4) is 0 Å². The topological polar surface area (TPSA) is 95.9 Å². The summed E-state index contributed by atoms with van der Waals surface area (Å²) in [7, 11) is 0. The quantitative estimate of drug-likeness (QED) is 0.735. The summed E-state index contributed by atoms with van der Waals surface area (Å²) in [5.74, 6) is -1.46. The van der Waals surface area contributed by atoms with Crippen LogP contribution in [0.5, 0.6) is 0 Å². The van der Waals surface area contributed by atoms with Crippen molar-refractivity contribution >= 4 is 29.5 Å². The predicted molar refractivity (Wildman–Crippen MR) is 91.9 cm³/mol. The standard InChI is InChI=1S/C17H18N2O5S/c1-2-24-8-11-9-25-16-12(15(21)19(16)13(11)17(22)23)18-14(20)10-6-4-3-5-7-10/h3-7,12,16H,2,8-9H2,1H3,(H,18,20)(H,22,23)/t12-,16+/m1/s1. The van der Waals surface area contributed by atoms with E-state index in [9.17, 15) is 19.5 Å². The maximum Gasteiger partial charge on any atom is 0.352 e. The fourth-order valence-corrected chi connectivity index (χ4v) is 4.16. The lowest BCUT2D eigenvalue weighted by atomic mass is 10.0. The number of fused-ring (bicyclic) bond motifs is 1. The highest BCUT2D eigenvalue weighted by Gasteiger charge is 2.54. The number of ether oxygens (including phenoxy) is 1. The van der Waals surface area contributed by atoms with Crippen molar-refractivity contribution in [1.29, 1.82) is 0 Å². The second-order valence-electron chi connectivity index (χ2n) is 5.62. The lowest BCUT2D eigenvalue weighted by molar-refractivity contribution is -0.148. The van der Waals surface area contributed by atoms with Crippen molar-refractivity contribution in [1.82, 2.24) is 10.2 Å². The molecule has 0 bridgehead atoms. The molecule has 25 heavy (non-hydrogen) atoms. The van der Waals surface area contributed by atoms with Crippen molar-refractivity contribution < 1.29 is 24.2 Å². The van der Waals surface area contributed by atoms with E-state index < -0.39 is 23.3 Å². The summed E-state index contributed by atoms with van der Waals surface area (Å²) in [6.45, 7) is 2.47. The van der Waals surface area contributed by atoms with Crippen LogP contribution in [0.2, 0.25) is 0 Å². The number of aliphatic carboxylic acids is 1. The van der Waals surface area contributed by atoms with E-state index in [-0.39, 0.29) is 18.2 Å². The van der Waals surface area contributed by atoms with Gasteiger partial charge in [-0.2, -0.15) is 0 Å². The number of nitrogens with one attached hydrogen (secondary N) is 1. The third kappa shape index (κ3) is 3.27. The normalized spacial score (nSPS) is 22.3. The third-order valence-corrected chi connectivity index (χ3v) is 5.39. The van der Waals surface area contributed by atoms with Gasteiger partial charge in [0.15, 0.2) is 0 Å². The minimum atomic E-state index is -1.15. The lowest BCUT2D eigenvalue weighted by Crippen LogP contribution is -2.70. The van der Waals surface area contributed by atoms with Gasteiger partial charge >= 0.3 is 5.97 Å². The number of hydrogen-bond donors (Lipinski definition) is 2. The molecular weight excluding hydrogens is 344 g/mol. The predicted octanol–water partition coefficient (Wildman–Crippen LogP) is 1.08. The Hall–Kier alpha value is -2.32. The van der Waals surface area contributed by atoms with Crippen LogP contribution in [0.1, 0.15) is 17.3 Å². The number of carbonyl (C=O) groups excluding carboxylic acids is 2. The minimum Gasteiger partial charge on any atom is -0.477 e. The van der Waals surface area contributed by atoms with Crippen molar-refractivity contribution in [2.75, 3.05) is 19.0 Å². The summed E-state index contributed by atoms with van der Waals surface area (Å²) in [6, 6.07) is 7.88. The molecule has 132 valence electrons. The van der Waals surface area contributed by atoms with Gasteiger partial charge in [0.2, 0.25) is 0 Å². The molecule has 1 aromatic carbocycles. The van der Waals surface area contributed by atoms with Gasteiger partial charge in [-0.1, -0.05) is 18.2 Å². The molecule has 0 aliphatic carbocycles. The first-order chi connectivity index (χ1) is 12.0. The van der Waals surface area contributed by atoms with Crippen LogP contribution >= 0.6 is 11.8 Å². The molecule has 2 aliphatic rings. The second kappa shape index (κ2) is 7.28. The number of carboxylic acid groups (broad SMARTS) is 1. The molecule has 1 saturated heterocycles. The summed E-state index contributed by atoms with van der Waals surface area (Å²) in [6.07, 6.45) is 0. The number of rotatable bonds is 6. The SMILES string of the molecule is CCOCC1=C(C(=O)O)N2C(=O)[C@@H](NC(=O)c3ccccc3)[C@@H]2SC1. The number of β-lactam (4-membered cyclic amide) rings is 1. The second-order valence-corrected chi connectivity index (χ2v) is 6.73. The van der Waals surface area contributed by atoms with E-state index in [4.69, 9.17) is 4.74 Å². The van der Waals surface area contributed by atoms with Crippen LogP contribution in [-0.4, -0.2) is 58.2 Å². The Morgan fingerprint density at radius 1 is 1.36 bits per heavy atom. The van der Waals surface area contributed by atoms with Crippen molar-refractivity contribution in [2.45, 2.75) is 18.3 Å². The summed E-state index contributed by atoms with van der Waals surface area (Å²) in [4.78, 5) is 37.6. The zero-order chi connectivity index (χ0) is 18.0. The van der Waals surface area contributed by atoms with Gasteiger partial charge in [-0.3, -0.25) is 14.5 Å². The van der Waals surface area contributed by atoms with E-state index in [1.807, 2.05) is 6.92 Å². The molecule has 2 aliphatic heterocycles. The summed E-state index contributed by atoms with van der Waals surface area (Å²) < 4.78 is 5.30. The molecule has 7 nitrogen and oxygen atoms in total. The van der Waals surface area contributed by atoms with Gasteiger partial charge in [0.05, 0.1) is 6.61 Å². The molecule has 1 aromatic rings. The van der Waals surface area contributed by atoms with Crippen LogP contribution in [0.3, 0.4) is 0 Å².